The number of aromatic nitrogens is 1. The molecule has 0 aliphatic rings. The number of nitrogens with one attached hydrogen (secondary N) is 1. The maximum absolute atomic E-state index is 12.7. The molecule has 0 spiro atoms. The smallest absolute Gasteiger partial charge is 0.355 e. The average Bonchev–Trinajstić information content (AvgIpc) is 2.81. The van der Waals surface area contributed by atoms with Crippen LogP contribution in [0.2, 0.25) is 0 Å². The second-order valence-electron chi connectivity index (χ2n) is 4.35. The van der Waals surface area contributed by atoms with Crippen LogP contribution >= 0.6 is 0 Å². The van der Waals surface area contributed by atoms with Crippen molar-refractivity contribution in [2.24, 2.45) is 0 Å². The van der Waals surface area contributed by atoms with Crippen LogP contribution in [0.3, 0.4) is 0 Å². The summed E-state index contributed by atoms with van der Waals surface area (Å²) in [6, 6.07) is 14.8. The van der Waals surface area contributed by atoms with Crippen molar-refractivity contribution in [3.8, 4) is 11.3 Å². The number of halogens is 3. The maximum atomic E-state index is 12.7. The van der Waals surface area contributed by atoms with E-state index in [0.29, 0.717) is 11.3 Å². The Balaban J connectivity index is 2.11. The largest absolute Gasteiger partial charge is 0.416 e. The molecule has 3 aromatic rings. The number of hydrogen-bond acceptors (Lipinski definition) is 0. The molecule has 1 aromatic heterocycles. The van der Waals surface area contributed by atoms with Crippen LogP contribution in [-0.4, -0.2) is 4.98 Å². The van der Waals surface area contributed by atoms with Crippen molar-refractivity contribution < 1.29 is 13.2 Å². The van der Waals surface area contributed by atoms with E-state index in [4.69, 9.17) is 0 Å². The monoisotopic (exact) mass is 261 g/mol. The SMILES string of the molecule is FC(F)(F)c1cccc(-c2cc3ccccc3[nH]2)c1. The van der Waals surface area contributed by atoms with E-state index in [9.17, 15) is 13.2 Å². The second kappa shape index (κ2) is 4.16. The van der Waals surface area contributed by atoms with Crippen LogP contribution in [0.5, 0.6) is 0 Å². The van der Waals surface area contributed by atoms with Gasteiger partial charge in [0.2, 0.25) is 0 Å². The predicted octanol–water partition coefficient (Wildman–Crippen LogP) is 4.85. The molecule has 19 heavy (non-hydrogen) atoms. The van der Waals surface area contributed by atoms with Gasteiger partial charge in [-0.15, -0.1) is 0 Å². The Bertz CT molecular complexity index is 692. The van der Waals surface area contributed by atoms with Crippen molar-refractivity contribution in [1.82, 2.24) is 4.98 Å². The first kappa shape index (κ1) is 11.8. The van der Waals surface area contributed by atoms with Crippen LogP contribution in [0.25, 0.3) is 22.2 Å². The van der Waals surface area contributed by atoms with Crippen LogP contribution in [0.15, 0.2) is 54.6 Å². The van der Waals surface area contributed by atoms with Crippen molar-refractivity contribution in [2.75, 3.05) is 0 Å². The molecule has 3 rings (SSSR count). The van der Waals surface area contributed by atoms with E-state index in [-0.39, 0.29) is 0 Å². The first-order valence-electron chi connectivity index (χ1n) is 5.79. The molecule has 96 valence electrons. The van der Waals surface area contributed by atoms with Crippen LogP contribution < -0.4 is 0 Å². The lowest BCUT2D eigenvalue weighted by molar-refractivity contribution is -0.137. The minimum atomic E-state index is -4.32. The highest BCUT2D eigenvalue weighted by molar-refractivity contribution is 5.85. The Morgan fingerprint density at radius 3 is 2.37 bits per heavy atom. The molecular weight excluding hydrogens is 251 g/mol. The summed E-state index contributed by atoms with van der Waals surface area (Å²) < 4.78 is 38.0. The van der Waals surface area contributed by atoms with Gasteiger partial charge in [-0.1, -0.05) is 30.3 Å². The summed E-state index contributed by atoms with van der Waals surface area (Å²) in [5, 5.41) is 0.981. The fraction of sp³-hybridized carbons (Fsp3) is 0.0667. The van der Waals surface area contributed by atoms with Crippen molar-refractivity contribution in [1.29, 1.82) is 0 Å². The highest BCUT2D eigenvalue weighted by atomic mass is 19.4. The van der Waals surface area contributed by atoms with E-state index < -0.39 is 11.7 Å². The fourth-order valence-corrected chi connectivity index (χ4v) is 2.09. The lowest BCUT2D eigenvalue weighted by Gasteiger charge is -2.07. The van der Waals surface area contributed by atoms with Crippen LogP contribution in [0.4, 0.5) is 13.2 Å². The summed E-state index contributed by atoms with van der Waals surface area (Å²) in [5.41, 5.74) is 1.50. The minimum absolute atomic E-state index is 0.533. The van der Waals surface area contributed by atoms with E-state index in [2.05, 4.69) is 4.98 Å². The zero-order chi connectivity index (χ0) is 13.5. The molecular formula is C15H10F3N. The van der Waals surface area contributed by atoms with E-state index >= 15 is 0 Å². The molecule has 0 radical (unpaired) electrons. The number of hydrogen-bond donors (Lipinski definition) is 1. The molecule has 0 fully saturated rings. The van der Waals surface area contributed by atoms with Crippen molar-refractivity contribution in [3.05, 3.63) is 60.2 Å². The van der Waals surface area contributed by atoms with E-state index in [1.165, 1.54) is 6.07 Å². The first-order chi connectivity index (χ1) is 9.04. The van der Waals surface area contributed by atoms with Crippen LogP contribution in [0.1, 0.15) is 5.56 Å². The van der Waals surface area contributed by atoms with Gasteiger partial charge in [-0.25, -0.2) is 0 Å². The number of benzene rings is 2. The molecule has 0 unspecified atom stereocenters. The van der Waals surface area contributed by atoms with Gasteiger partial charge < -0.3 is 4.98 Å². The summed E-state index contributed by atoms with van der Waals surface area (Å²) in [6.07, 6.45) is -4.32. The normalized spacial score (nSPS) is 11.9. The molecule has 0 atom stereocenters. The molecule has 1 N–H and O–H groups in total. The molecule has 1 heterocycles. The van der Waals surface area contributed by atoms with Gasteiger partial charge in [-0.05, 0) is 29.8 Å². The Labute approximate surface area is 107 Å². The van der Waals surface area contributed by atoms with Gasteiger partial charge in [0.05, 0.1) is 5.56 Å². The molecule has 0 bridgehead atoms. The standard InChI is InChI=1S/C15H10F3N/c16-15(17,18)12-6-3-5-10(8-12)14-9-11-4-1-2-7-13(11)19-14/h1-9,19H. The lowest BCUT2D eigenvalue weighted by Crippen LogP contribution is -2.04. The second-order valence-corrected chi connectivity index (χ2v) is 4.35. The molecule has 0 saturated carbocycles. The average molecular weight is 261 g/mol. The third-order valence-electron chi connectivity index (χ3n) is 3.03. The summed E-state index contributed by atoms with van der Waals surface area (Å²) in [5.74, 6) is 0. The van der Waals surface area contributed by atoms with Crippen LogP contribution in [-0.2, 0) is 6.18 Å². The summed E-state index contributed by atoms with van der Waals surface area (Å²) in [6.45, 7) is 0. The third-order valence-corrected chi connectivity index (χ3v) is 3.03. The van der Waals surface area contributed by atoms with Gasteiger partial charge in [0.25, 0.3) is 0 Å². The summed E-state index contributed by atoms with van der Waals surface area (Å²) >= 11 is 0. The number of rotatable bonds is 1. The third kappa shape index (κ3) is 2.21. The van der Waals surface area contributed by atoms with E-state index in [1.807, 2.05) is 30.3 Å². The van der Waals surface area contributed by atoms with Gasteiger partial charge in [0, 0.05) is 16.6 Å². The number of H-pyrrole nitrogens is 1. The van der Waals surface area contributed by atoms with Gasteiger partial charge in [-0.2, -0.15) is 13.2 Å². The molecule has 0 aliphatic carbocycles. The van der Waals surface area contributed by atoms with Gasteiger partial charge in [0.15, 0.2) is 0 Å². The number of para-hydroxylation sites is 1. The Kier molecular flexibility index (Phi) is 2.59. The zero-order valence-electron chi connectivity index (χ0n) is 9.83. The van der Waals surface area contributed by atoms with Gasteiger partial charge in [-0.3, -0.25) is 0 Å². The highest BCUT2D eigenvalue weighted by Crippen LogP contribution is 2.32. The molecule has 0 saturated heterocycles. The number of fused-ring (bicyclic) bond motifs is 1. The predicted molar refractivity (Wildman–Crippen MR) is 68.7 cm³/mol. The molecule has 4 heteroatoms. The maximum Gasteiger partial charge on any atom is 0.416 e. The molecule has 0 amide bonds. The lowest BCUT2D eigenvalue weighted by atomic mass is 10.1. The van der Waals surface area contributed by atoms with Gasteiger partial charge in [0.1, 0.15) is 0 Å². The first-order valence-corrected chi connectivity index (χ1v) is 5.79. The summed E-state index contributed by atoms with van der Waals surface area (Å²) in [7, 11) is 0. The topological polar surface area (TPSA) is 15.8 Å². The Morgan fingerprint density at radius 1 is 0.842 bits per heavy atom. The molecule has 1 nitrogen and oxygen atoms in total. The Morgan fingerprint density at radius 2 is 1.63 bits per heavy atom. The molecule has 0 aliphatic heterocycles. The number of alkyl halides is 3. The quantitative estimate of drug-likeness (QED) is 0.644. The van der Waals surface area contributed by atoms with Gasteiger partial charge >= 0.3 is 6.18 Å². The number of aromatic amines is 1. The van der Waals surface area contributed by atoms with Crippen molar-refractivity contribution in [3.63, 3.8) is 0 Å². The van der Waals surface area contributed by atoms with Crippen molar-refractivity contribution >= 4 is 10.9 Å². The van der Waals surface area contributed by atoms with Crippen LogP contribution in [0, 0.1) is 0 Å². The minimum Gasteiger partial charge on any atom is -0.355 e. The zero-order valence-corrected chi connectivity index (χ0v) is 9.83. The molecule has 2 aromatic carbocycles. The van der Waals surface area contributed by atoms with E-state index in [1.54, 1.807) is 6.07 Å². The van der Waals surface area contributed by atoms with E-state index in [0.717, 1.165) is 23.0 Å². The Hall–Kier alpha value is -2.23. The fourth-order valence-electron chi connectivity index (χ4n) is 2.09. The van der Waals surface area contributed by atoms with Crippen molar-refractivity contribution in [2.45, 2.75) is 6.18 Å². The summed E-state index contributed by atoms with van der Waals surface area (Å²) in [4.78, 5) is 3.12. The highest BCUT2D eigenvalue weighted by Gasteiger charge is 2.30.